The van der Waals surface area contributed by atoms with Crippen LogP contribution in [0.5, 0.6) is 0 Å². The molecule has 0 aromatic heterocycles. The highest BCUT2D eigenvalue weighted by molar-refractivity contribution is 6.30. The van der Waals surface area contributed by atoms with E-state index in [0.29, 0.717) is 24.2 Å². The molecule has 0 unspecified atom stereocenters. The van der Waals surface area contributed by atoms with Crippen molar-refractivity contribution in [2.45, 2.75) is 43.9 Å². The van der Waals surface area contributed by atoms with Crippen molar-refractivity contribution >= 4 is 23.2 Å². The molecule has 0 radical (unpaired) electrons. The number of amides is 1. The zero-order valence-corrected chi connectivity index (χ0v) is 19.5. The summed E-state index contributed by atoms with van der Waals surface area (Å²) < 4.78 is 0. The fourth-order valence-corrected chi connectivity index (χ4v) is 7.99. The molecule has 0 atom stereocenters. The molecule has 1 aliphatic heterocycles. The second-order valence-corrected chi connectivity index (χ2v) is 11.2. The van der Waals surface area contributed by atoms with Gasteiger partial charge in [0, 0.05) is 48.7 Å². The molecule has 4 bridgehead atoms. The molecule has 1 saturated heterocycles. The van der Waals surface area contributed by atoms with Crippen LogP contribution in [0, 0.1) is 23.7 Å². The standard InChI is InChI=1S/C28H33ClN2O/c29-25-6-8-26(9-7-25)30-10-12-31(13-11-30)27(32)19-28(22-4-2-1-3-5-22)23-15-20-14-21(17-23)18-24(28)16-20/h1-9,20-21,23-24H,10-19H2. The van der Waals surface area contributed by atoms with E-state index in [1.54, 1.807) is 0 Å². The zero-order chi connectivity index (χ0) is 21.7. The first-order valence-corrected chi connectivity index (χ1v) is 12.8. The summed E-state index contributed by atoms with van der Waals surface area (Å²) in [4.78, 5) is 18.3. The molecule has 4 aliphatic carbocycles. The fraction of sp³-hybridized carbons (Fsp3) is 0.536. The lowest BCUT2D eigenvalue weighted by Crippen LogP contribution is -2.58. The minimum Gasteiger partial charge on any atom is -0.368 e. The highest BCUT2D eigenvalue weighted by Crippen LogP contribution is 2.64. The molecule has 4 heteroatoms. The van der Waals surface area contributed by atoms with Crippen molar-refractivity contribution in [1.82, 2.24) is 4.90 Å². The highest BCUT2D eigenvalue weighted by atomic mass is 35.5. The number of hydrogen-bond donors (Lipinski definition) is 0. The number of anilines is 1. The van der Waals surface area contributed by atoms with E-state index in [2.05, 4.69) is 52.3 Å². The Morgan fingerprint density at radius 3 is 2.00 bits per heavy atom. The number of nitrogens with zero attached hydrogens (tertiary/aromatic N) is 2. The molecule has 32 heavy (non-hydrogen) atoms. The van der Waals surface area contributed by atoms with Gasteiger partial charge in [-0.05, 0) is 85.6 Å². The van der Waals surface area contributed by atoms with Crippen molar-refractivity contribution in [2.75, 3.05) is 31.1 Å². The Morgan fingerprint density at radius 1 is 0.812 bits per heavy atom. The van der Waals surface area contributed by atoms with E-state index >= 15 is 0 Å². The quantitative estimate of drug-likeness (QED) is 0.592. The minimum absolute atomic E-state index is 0.0546. The van der Waals surface area contributed by atoms with E-state index in [-0.39, 0.29) is 5.41 Å². The molecule has 5 fully saturated rings. The fourth-order valence-electron chi connectivity index (χ4n) is 7.86. The van der Waals surface area contributed by atoms with Crippen molar-refractivity contribution < 1.29 is 4.79 Å². The average Bonchev–Trinajstić information content (AvgIpc) is 2.82. The number of hydrogen-bond acceptors (Lipinski definition) is 2. The van der Waals surface area contributed by atoms with Gasteiger partial charge in [-0.3, -0.25) is 4.79 Å². The van der Waals surface area contributed by atoms with Crippen molar-refractivity contribution in [3.05, 3.63) is 65.2 Å². The van der Waals surface area contributed by atoms with Crippen molar-refractivity contribution in [1.29, 1.82) is 0 Å². The van der Waals surface area contributed by atoms with Crippen molar-refractivity contribution in [3.8, 4) is 0 Å². The lowest BCUT2D eigenvalue weighted by molar-refractivity contribution is -0.139. The zero-order valence-electron chi connectivity index (χ0n) is 18.8. The Balaban J connectivity index is 1.21. The summed E-state index contributed by atoms with van der Waals surface area (Å²) in [7, 11) is 0. The predicted molar refractivity (Wildman–Crippen MR) is 130 cm³/mol. The van der Waals surface area contributed by atoms with Crippen molar-refractivity contribution in [2.24, 2.45) is 23.7 Å². The minimum atomic E-state index is 0.0546. The van der Waals surface area contributed by atoms with Crippen LogP contribution >= 0.6 is 11.6 Å². The molecular weight excluding hydrogens is 416 g/mol. The topological polar surface area (TPSA) is 23.6 Å². The van der Waals surface area contributed by atoms with Crippen LogP contribution < -0.4 is 4.90 Å². The normalized spacial score (nSPS) is 33.5. The molecule has 2 aromatic rings. The number of carbonyl (C=O) groups is 1. The van der Waals surface area contributed by atoms with Crippen molar-refractivity contribution in [3.63, 3.8) is 0 Å². The molecule has 168 valence electrons. The van der Waals surface area contributed by atoms with Gasteiger partial charge in [0.15, 0.2) is 0 Å². The molecule has 4 saturated carbocycles. The average molecular weight is 449 g/mol. The predicted octanol–water partition coefficient (Wildman–Crippen LogP) is 5.77. The van der Waals surface area contributed by atoms with E-state index in [0.717, 1.165) is 43.0 Å². The molecule has 0 N–H and O–H groups in total. The van der Waals surface area contributed by atoms with Crippen LogP contribution in [0.3, 0.4) is 0 Å². The Labute approximate surface area is 196 Å². The maximum absolute atomic E-state index is 13.7. The van der Waals surface area contributed by atoms with Crippen LogP contribution in [0.15, 0.2) is 54.6 Å². The number of piperazine rings is 1. The lowest BCUT2D eigenvalue weighted by Gasteiger charge is -2.62. The molecular formula is C28H33ClN2O. The summed E-state index contributed by atoms with van der Waals surface area (Å²) in [6.45, 7) is 3.41. The second kappa shape index (κ2) is 8.09. The summed E-state index contributed by atoms with van der Waals surface area (Å²) in [5.41, 5.74) is 2.68. The molecule has 0 spiro atoms. The number of carbonyl (C=O) groups excluding carboxylic acids is 1. The Bertz CT molecular complexity index is 937. The lowest BCUT2D eigenvalue weighted by atomic mass is 9.43. The SMILES string of the molecule is O=C(CC1(c2ccccc2)C2CC3CC(C2)CC1C3)N1CCN(c2ccc(Cl)cc2)CC1. The van der Waals surface area contributed by atoms with Crippen LogP contribution in [-0.4, -0.2) is 37.0 Å². The van der Waals surface area contributed by atoms with Gasteiger partial charge in [0.25, 0.3) is 0 Å². The third kappa shape index (κ3) is 3.44. The van der Waals surface area contributed by atoms with Gasteiger partial charge in [0.2, 0.25) is 5.91 Å². The van der Waals surface area contributed by atoms with Gasteiger partial charge in [-0.1, -0.05) is 41.9 Å². The maximum atomic E-state index is 13.7. The van der Waals surface area contributed by atoms with Gasteiger partial charge < -0.3 is 9.80 Å². The van der Waals surface area contributed by atoms with E-state index in [4.69, 9.17) is 11.6 Å². The Morgan fingerprint density at radius 2 is 1.41 bits per heavy atom. The Kier molecular flexibility index (Phi) is 5.21. The first kappa shape index (κ1) is 20.6. The largest absolute Gasteiger partial charge is 0.368 e. The number of benzene rings is 2. The van der Waals surface area contributed by atoms with Gasteiger partial charge >= 0.3 is 0 Å². The first-order chi connectivity index (χ1) is 15.6. The number of halogens is 1. The van der Waals surface area contributed by atoms with Crippen LogP contribution in [0.25, 0.3) is 0 Å². The third-order valence-electron chi connectivity index (χ3n) is 9.17. The van der Waals surface area contributed by atoms with Gasteiger partial charge in [0.05, 0.1) is 0 Å². The van der Waals surface area contributed by atoms with Gasteiger partial charge in [-0.15, -0.1) is 0 Å². The number of rotatable bonds is 4. The van der Waals surface area contributed by atoms with Crippen LogP contribution in [0.4, 0.5) is 5.69 Å². The van der Waals surface area contributed by atoms with Gasteiger partial charge in [-0.2, -0.15) is 0 Å². The first-order valence-electron chi connectivity index (χ1n) is 12.5. The van der Waals surface area contributed by atoms with E-state index in [1.807, 2.05) is 12.1 Å². The van der Waals surface area contributed by atoms with E-state index in [1.165, 1.54) is 43.4 Å². The molecule has 3 nitrogen and oxygen atoms in total. The molecule has 1 amide bonds. The summed E-state index contributed by atoms with van der Waals surface area (Å²) in [5.74, 6) is 3.55. The molecule has 7 rings (SSSR count). The summed E-state index contributed by atoms with van der Waals surface area (Å²) in [6.07, 6.45) is 7.48. The second-order valence-electron chi connectivity index (χ2n) is 10.7. The van der Waals surface area contributed by atoms with Crippen LogP contribution in [0.2, 0.25) is 5.02 Å². The smallest absolute Gasteiger partial charge is 0.223 e. The Hall–Kier alpha value is -2.00. The summed E-state index contributed by atoms with van der Waals surface area (Å²) in [5, 5.41) is 0.768. The van der Waals surface area contributed by atoms with Gasteiger partial charge in [-0.25, -0.2) is 0 Å². The monoisotopic (exact) mass is 448 g/mol. The van der Waals surface area contributed by atoms with E-state index < -0.39 is 0 Å². The highest BCUT2D eigenvalue weighted by Gasteiger charge is 2.58. The maximum Gasteiger partial charge on any atom is 0.223 e. The summed E-state index contributed by atoms with van der Waals surface area (Å²) >= 11 is 6.05. The molecule has 2 aromatic carbocycles. The molecule has 1 heterocycles. The van der Waals surface area contributed by atoms with Gasteiger partial charge in [0.1, 0.15) is 0 Å². The third-order valence-corrected chi connectivity index (χ3v) is 9.43. The molecule has 5 aliphatic rings. The summed E-state index contributed by atoms with van der Waals surface area (Å²) in [6, 6.07) is 19.2. The van der Waals surface area contributed by atoms with Crippen LogP contribution in [0.1, 0.15) is 44.1 Å². The van der Waals surface area contributed by atoms with E-state index in [9.17, 15) is 4.79 Å². The van der Waals surface area contributed by atoms with Crippen LogP contribution in [-0.2, 0) is 10.2 Å².